The van der Waals surface area contributed by atoms with Crippen LogP contribution in [0.4, 0.5) is 10.5 Å². The van der Waals surface area contributed by atoms with E-state index in [0.29, 0.717) is 5.69 Å². The van der Waals surface area contributed by atoms with Crippen LogP contribution in [0.15, 0.2) is 18.3 Å². The van der Waals surface area contributed by atoms with Crippen LogP contribution in [-0.4, -0.2) is 34.3 Å². The summed E-state index contributed by atoms with van der Waals surface area (Å²) in [6.45, 7) is 5.23. The molecule has 0 spiro atoms. The molecule has 1 heterocycles. The van der Waals surface area contributed by atoms with Crippen molar-refractivity contribution in [3.63, 3.8) is 0 Å². The standard InChI is InChI=1S/C14H16N2O4/c1-5-8-16(13(19)20-14(2,3)4)10-6-7-11(12(17)18)15-9-10/h1,6-7,9H,8H2,2-4H3,(H,17,18). The molecule has 0 atom stereocenters. The van der Waals surface area contributed by atoms with Gasteiger partial charge in [0, 0.05) is 0 Å². The lowest BCUT2D eigenvalue weighted by atomic mass is 10.2. The van der Waals surface area contributed by atoms with Crippen LogP contribution in [0.1, 0.15) is 31.3 Å². The number of aromatic carboxylic acids is 1. The predicted molar refractivity (Wildman–Crippen MR) is 73.6 cm³/mol. The lowest BCUT2D eigenvalue weighted by Gasteiger charge is -2.26. The number of carbonyl (C=O) groups is 2. The number of nitrogens with zero attached hydrogens (tertiary/aromatic N) is 2. The smallest absolute Gasteiger partial charge is 0.415 e. The Hall–Kier alpha value is -2.55. The van der Waals surface area contributed by atoms with E-state index < -0.39 is 17.7 Å². The Kier molecular flexibility index (Phi) is 4.70. The fraction of sp³-hybridized carbons (Fsp3) is 0.357. The van der Waals surface area contributed by atoms with Gasteiger partial charge in [-0.3, -0.25) is 4.90 Å². The molecule has 0 aromatic carbocycles. The third-order valence-corrected chi connectivity index (χ3v) is 2.14. The molecule has 0 aliphatic carbocycles. The van der Waals surface area contributed by atoms with Gasteiger partial charge in [0.25, 0.3) is 0 Å². The number of carbonyl (C=O) groups excluding carboxylic acids is 1. The fourth-order valence-electron chi connectivity index (χ4n) is 1.34. The van der Waals surface area contributed by atoms with Gasteiger partial charge in [-0.1, -0.05) is 5.92 Å². The molecular weight excluding hydrogens is 260 g/mol. The van der Waals surface area contributed by atoms with E-state index in [1.165, 1.54) is 23.2 Å². The number of pyridine rings is 1. The Morgan fingerprint density at radius 2 is 2.10 bits per heavy atom. The van der Waals surface area contributed by atoms with E-state index in [-0.39, 0.29) is 12.2 Å². The maximum atomic E-state index is 12.0. The number of carboxylic acid groups (broad SMARTS) is 1. The van der Waals surface area contributed by atoms with Crippen molar-refractivity contribution in [2.24, 2.45) is 0 Å². The fourth-order valence-corrected chi connectivity index (χ4v) is 1.34. The summed E-state index contributed by atoms with van der Waals surface area (Å²) >= 11 is 0. The maximum Gasteiger partial charge on any atom is 0.415 e. The van der Waals surface area contributed by atoms with Crippen molar-refractivity contribution in [2.75, 3.05) is 11.4 Å². The van der Waals surface area contributed by atoms with Gasteiger partial charge in [-0.15, -0.1) is 6.42 Å². The predicted octanol–water partition coefficient (Wildman–Crippen LogP) is 2.15. The summed E-state index contributed by atoms with van der Waals surface area (Å²) in [6.07, 6.45) is 5.89. The number of terminal acetylenes is 1. The minimum atomic E-state index is -1.14. The number of amides is 1. The Balaban J connectivity index is 2.99. The third-order valence-electron chi connectivity index (χ3n) is 2.14. The number of carboxylic acids is 1. The topological polar surface area (TPSA) is 79.7 Å². The number of ether oxygens (including phenoxy) is 1. The van der Waals surface area contributed by atoms with Crippen molar-refractivity contribution in [3.05, 3.63) is 24.0 Å². The van der Waals surface area contributed by atoms with E-state index in [0.717, 1.165) is 0 Å². The second-order valence-corrected chi connectivity index (χ2v) is 4.98. The summed E-state index contributed by atoms with van der Waals surface area (Å²) < 4.78 is 5.23. The average molecular weight is 276 g/mol. The van der Waals surface area contributed by atoms with E-state index in [4.69, 9.17) is 16.3 Å². The van der Waals surface area contributed by atoms with Gasteiger partial charge in [0.15, 0.2) is 0 Å². The van der Waals surface area contributed by atoms with Crippen molar-refractivity contribution in [2.45, 2.75) is 26.4 Å². The van der Waals surface area contributed by atoms with Gasteiger partial charge >= 0.3 is 12.1 Å². The Labute approximate surface area is 117 Å². The van der Waals surface area contributed by atoms with Gasteiger partial charge < -0.3 is 9.84 Å². The zero-order valence-electron chi connectivity index (χ0n) is 11.6. The zero-order chi connectivity index (χ0) is 15.3. The highest BCUT2D eigenvalue weighted by Gasteiger charge is 2.23. The molecule has 0 aliphatic heterocycles. The van der Waals surface area contributed by atoms with Gasteiger partial charge in [0.1, 0.15) is 11.3 Å². The van der Waals surface area contributed by atoms with E-state index in [9.17, 15) is 9.59 Å². The van der Waals surface area contributed by atoms with Crippen molar-refractivity contribution >= 4 is 17.7 Å². The summed E-state index contributed by atoms with van der Waals surface area (Å²) in [7, 11) is 0. The van der Waals surface area contributed by atoms with Crippen molar-refractivity contribution in [1.29, 1.82) is 0 Å². The van der Waals surface area contributed by atoms with Gasteiger partial charge in [0.2, 0.25) is 0 Å². The number of aromatic nitrogens is 1. The molecule has 1 aromatic rings. The van der Waals surface area contributed by atoms with Crippen molar-refractivity contribution in [3.8, 4) is 12.3 Å². The molecule has 1 amide bonds. The Morgan fingerprint density at radius 1 is 1.45 bits per heavy atom. The molecule has 1 N–H and O–H groups in total. The number of rotatable bonds is 3. The first-order chi connectivity index (χ1) is 9.24. The molecule has 106 valence electrons. The van der Waals surface area contributed by atoms with Gasteiger partial charge in [-0.25, -0.2) is 14.6 Å². The van der Waals surface area contributed by atoms with Crippen LogP contribution in [0.3, 0.4) is 0 Å². The van der Waals surface area contributed by atoms with Crippen LogP contribution >= 0.6 is 0 Å². The summed E-state index contributed by atoms with van der Waals surface area (Å²) in [6, 6.07) is 2.75. The second-order valence-electron chi connectivity index (χ2n) is 4.98. The largest absolute Gasteiger partial charge is 0.477 e. The van der Waals surface area contributed by atoms with E-state index in [1.54, 1.807) is 20.8 Å². The highest BCUT2D eigenvalue weighted by molar-refractivity contribution is 5.89. The molecule has 1 aromatic heterocycles. The SMILES string of the molecule is C#CCN(C(=O)OC(C)(C)C)c1ccc(C(=O)O)nc1. The molecule has 6 nitrogen and oxygen atoms in total. The second kappa shape index (κ2) is 6.06. The first-order valence-electron chi connectivity index (χ1n) is 5.88. The maximum absolute atomic E-state index is 12.0. The Bertz CT molecular complexity index is 538. The molecule has 20 heavy (non-hydrogen) atoms. The number of anilines is 1. The van der Waals surface area contributed by atoms with Crippen LogP contribution in [-0.2, 0) is 4.74 Å². The first kappa shape index (κ1) is 15.5. The van der Waals surface area contributed by atoms with Gasteiger partial charge in [-0.05, 0) is 32.9 Å². The molecule has 1 rings (SSSR count). The summed E-state index contributed by atoms with van der Waals surface area (Å²) in [5.41, 5.74) is -0.390. The monoisotopic (exact) mass is 276 g/mol. The van der Waals surface area contributed by atoms with Crippen LogP contribution in [0.25, 0.3) is 0 Å². The molecule has 0 aliphatic rings. The molecular formula is C14H16N2O4. The first-order valence-corrected chi connectivity index (χ1v) is 5.88. The lowest BCUT2D eigenvalue weighted by molar-refractivity contribution is 0.0584. The zero-order valence-corrected chi connectivity index (χ0v) is 11.6. The molecule has 6 heteroatoms. The van der Waals surface area contributed by atoms with Crippen LogP contribution in [0.2, 0.25) is 0 Å². The van der Waals surface area contributed by atoms with Crippen LogP contribution in [0.5, 0.6) is 0 Å². The highest BCUT2D eigenvalue weighted by Crippen LogP contribution is 2.17. The molecule has 0 unspecified atom stereocenters. The van der Waals surface area contributed by atoms with Crippen LogP contribution < -0.4 is 4.90 Å². The van der Waals surface area contributed by atoms with Crippen molar-refractivity contribution < 1.29 is 19.4 Å². The average Bonchev–Trinajstić information content (AvgIpc) is 2.34. The Morgan fingerprint density at radius 3 is 2.50 bits per heavy atom. The van der Waals surface area contributed by atoms with Gasteiger partial charge in [0.05, 0.1) is 18.4 Å². The molecule has 0 saturated heterocycles. The quantitative estimate of drug-likeness (QED) is 0.856. The summed E-state index contributed by atoms with van der Waals surface area (Å²) in [4.78, 5) is 27.7. The van der Waals surface area contributed by atoms with Crippen LogP contribution in [0, 0.1) is 12.3 Å². The molecule has 0 fully saturated rings. The minimum Gasteiger partial charge on any atom is -0.477 e. The number of hydrogen-bond donors (Lipinski definition) is 1. The summed E-state index contributed by atoms with van der Waals surface area (Å²) in [5.74, 6) is 1.21. The van der Waals surface area contributed by atoms with E-state index >= 15 is 0 Å². The number of hydrogen-bond acceptors (Lipinski definition) is 4. The molecule has 0 saturated carbocycles. The van der Waals surface area contributed by atoms with E-state index in [1.807, 2.05) is 0 Å². The van der Waals surface area contributed by atoms with Crippen molar-refractivity contribution in [1.82, 2.24) is 4.98 Å². The van der Waals surface area contributed by atoms with Gasteiger partial charge in [-0.2, -0.15) is 0 Å². The minimum absolute atomic E-state index is 0.00299. The third kappa shape index (κ3) is 4.28. The lowest BCUT2D eigenvalue weighted by Crippen LogP contribution is -2.37. The highest BCUT2D eigenvalue weighted by atomic mass is 16.6. The molecule has 0 bridgehead atoms. The molecule has 0 radical (unpaired) electrons. The summed E-state index contributed by atoms with van der Waals surface area (Å²) in [5, 5.41) is 8.78. The van der Waals surface area contributed by atoms with E-state index in [2.05, 4.69) is 10.9 Å². The normalized spacial score (nSPS) is 10.5.